The Labute approximate surface area is 133 Å². The maximum atomic E-state index is 12.2. The van der Waals surface area contributed by atoms with Crippen LogP contribution in [0.5, 0.6) is 0 Å². The first-order valence-corrected chi connectivity index (χ1v) is 6.83. The highest BCUT2D eigenvalue weighted by molar-refractivity contribution is 5.97. The van der Waals surface area contributed by atoms with Crippen molar-refractivity contribution in [2.75, 3.05) is 7.11 Å². The van der Waals surface area contributed by atoms with Gasteiger partial charge in [-0.1, -0.05) is 12.1 Å². The van der Waals surface area contributed by atoms with E-state index in [4.69, 9.17) is 19.6 Å². The monoisotopic (exact) mass is 316 g/mol. The van der Waals surface area contributed by atoms with E-state index in [1.54, 1.807) is 38.1 Å². The highest BCUT2D eigenvalue weighted by atomic mass is 16.8. The van der Waals surface area contributed by atoms with Crippen LogP contribution in [0.3, 0.4) is 0 Å². The van der Waals surface area contributed by atoms with Gasteiger partial charge in [-0.2, -0.15) is 5.26 Å². The van der Waals surface area contributed by atoms with Gasteiger partial charge in [0.25, 0.3) is 5.91 Å². The SMILES string of the molecule is CON(Cc1ccc(C#N)cc1)C(=O)/C=C1\OC(C)(C)OC1=O. The van der Waals surface area contributed by atoms with Crippen molar-refractivity contribution >= 4 is 11.9 Å². The Balaban J connectivity index is 2.09. The third-order valence-corrected chi connectivity index (χ3v) is 3.03. The molecule has 0 bridgehead atoms. The number of nitrogens with zero attached hydrogens (tertiary/aromatic N) is 2. The number of rotatable bonds is 4. The molecule has 23 heavy (non-hydrogen) atoms. The first-order chi connectivity index (χ1) is 10.8. The van der Waals surface area contributed by atoms with Gasteiger partial charge in [0, 0.05) is 13.8 Å². The lowest BCUT2D eigenvalue weighted by molar-refractivity contribution is -0.173. The molecule has 7 heteroatoms. The van der Waals surface area contributed by atoms with Crippen molar-refractivity contribution in [1.29, 1.82) is 5.26 Å². The molecule has 7 nitrogen and oxygen atoms in total. The van der Waals surface area contributed by atoms with E-state index in [-0.39, 0.29) is 12.3 Å². The second-order valence-corrected chi connectivity index (χ2v) is 5.27. The summed E-state index contributed by atoms with van der Waals surface area (Å²) in [6.45, 7) is 3.30. The normalized spacial score (nSPS) is 17.3. The van der Waals surface area contributed by atoms with Gasteiger partial charge >= 0.3 is 5.97 Å². The van der Waals surface area contributed by atoms with Gasteiger partial charge in [-0.15, -0.1) is 0 Å². The number of carbonyl (C=O) groups excluding carboxylic acids is 2. The molecular formula is C16H16N2O5. The number of carbonyl (C=O) groups is 2. The molecule has 0 N–H and O–H groups in total. The summed E-state index contributed by atoms with van der Waals surface area (Å²) in [5.41, 5.74) is 1.29. The lowest BCUT2D eigenvalue weighted by Crippen LogP contribution is -2.28. The number of hydrogen-bond donors (Lipinski definition) is 0. The van der Waals surface area contributed by atoms with Crippen LogP contribution in [0.15, 0.2) is 36.1 Å². The number of nitriles is 1. The van der Waals surface area contributed by atoms with Gasteiger partial charge in [-0.05, 0) is 17.7 Å². The van der Waals surface area contributed by atoms with E-state index in [0.717, 1.165) is 16.7 Å². The molecule has 1 aliphatic heterocycles. The summed E-state index contributed by atoms with van der Waals surface area (Å²) in [6, 6.07) is 8.74. The number of ether oxygens (including phenoxy) is 2. The molecule has 120 valence electrons. The predicted octanol–water partition coefficient (Wildman–Crippen LogP) is 1.64. The van der Waals surface area contributed by atoms with Crippen LogP contribution in [0.1, 0.15) is 25.0 Å². The fourth-order valence-electron chi connectivity index (χ4n) is 1.96. The summed E-state index contributed by atoms with van der Waals surface area (Å²) in [7, 11) is 1.35. The van der Waals surface area contributed by atoms with Gasteiger partial charge in [0.05, 0.1) is 31.4 Å². The molecule has 1 amide bonds. The summed E-state index contributed by atoms with van der Waals surface area (Å²) >= 11 is 0. The average molecular weight is 316 g/mol. The molecule has 1 heterocycles. The first kappa shape index (κ1) is 16.5. The zero-order valence-corrected chi connectivity index (χ0v) is 13.0. The van der Waals surface area contributed by atoms with Crippen molar-refractivity contribution < 1.29 is 23.9 Å². The van der Waals surface area contributed by atoms with Crippen LogP contribution in [0.4, 0.5) is 0 Å². The van der Waals surface area contributed by atoms with E-state index >= 15 is 0 Å². The third-order valence-electron chi connectivity index (χ3n) is 3.03. The van der Waals surface area contributed by atoms with Crippen molar-refractivity contribution in [3.05, 3.63) is 47.2 Å². The summed E-state index contributed by atoms with van der Waals surface area (Å²) in [4.78, 5) is 28.8. The lowest BCUT2D eigenvalue weighted by atomic mass is 10.1. The molecule has 0 radical (unpaired) electrons. The standard InChI is InChI=1S/C16H16N2O5/c1-16(2)22-13(15(20)23-16)8-14(19)18(21-3)10-12-6-4-11(9-17)5-7-12/h4-8H,10H2,1-3H3/b13-8-. The van der Waals surface area contributed by atoms with Crippen LogP contribution < -0.4 is 0 Å². The van der Waals surface area contributed by atoms with Crippen LogP contribution >= 0.6 is 0 Å². The summed E-state index contributed by atoms with van der Waals surface area (Å²) in [6.07, 6.45) is 1.03. The van der Waals surface area contributed by atoms with Crippen molar-refractivity contribution in [2.24, 2.45) is 0 Å². The minimum absolute atomic E-state index is 0.156. The third kappa shape index (κ3) is 4.08. The van der Waals surface area contributed by atoms with Crippen molar-refractivity contribution in [1.82, 2.24) is 5.06 Å². The van der Waals surface area contributed by atoms with Crippen LogP contribution in [-0.4, -0.2) is 29.8 Å². The summed E-state index contributed by atoms with van der Waals surface area (Å²) in [5, 5.41) is 9.83. The molecule has 0 atom stereocenters. The van der Waals surface area contributed by atoms with E-state index in [9.17, 15) is 9.59 Å². The number of hydroxylamine groups is 2. The zero-order chi connectivity index (χ0) is 17.0. The largest absolute Gasteiger partial charge is 0.445 e. The summed E-state index contributed by atoms with van der Waals surface area (Å²) in [5.74, 6) is -2.50. The molecule has 1 aromatic rings. The zero-order valence-electron chi connectivity index (χ0n) is 13.0. The predicted molar refractivity (Wildman–Crippen MR) is 78.1 cm³/mol. The fraction of sp³-hybridized carbons (Fsp3) is 0.312. The topological polar surface area (TPSA) is 88.9 Å². The summed E-state index contributed by atoms with van der Waals surface area (Å²) < 4.78 is 10.2. The highest BCUT2D eigenvalue weighted by Gasteiger charge is 2.38. The molecular weight excluding hydrogens is 300 g/mol. The Kier molecular flexibility index (Phi) is 4.67. The quantitative estimate of drug-likeness (QED) is 0.476. The highest BCUT2D eigenvalue weighted by Crippen LogP contribution is 2.26. The van der Waals surface area contributed by atoms with Crippen molar-refractivity contribution in [2.45, 2.75) is 26.2 Å². The molecule has 1 aromatic carbocycles. The van der Waals surface area contributed by atoms with E-state index in [2.05, 4.69) is 0 Å². The van der Waals surface area contributed by atoms with Crippen LogP contribution in [0, 0.1) is 11.3 Å². The van der Waals surface area contributed by atoms with Crippen molar-refractivity contribution in [3.8, 4) is 6.07 Å². The van der Waals surface area contributed by atoms with E-state index in [0.29, 0.717) is 5.56 Å². The lowest BCUT2D eigenvalue weighted by Gasteiger charge is -2.18. The molecule has 0 saturated carbocycles. The minimum Gasteiger partial charge on any atom is -0.445 e. The van der Waals surface area contributed by atoms with Crippen LogP contribution in [-0.2, 0) is 30.4 Å². The van der Waals surface area contributed by atoms with E-state index in [1.165, 1.54) is 7.11 Å². The molecule has 2 rings (SSSR count). The second-order valence-electron chi connectivity index (χ2n) is 5.27. The van der Waals surface area contributed by atoms with E-state index < -0.39 is 17.7 Å². The van der Waals surface area contributed by atoms with Crippen molar-refractivity contribution in [3.63, 3.8) is 0 Å². The number of benzene rings is 1. The Morgan fingerprint density at radius 1 is 1.35 bits per heavy atom. The van der Waals surface area contributed by atoms with Crippen LogP contribution in [0.25, 0.3) is 0 Å². The second kappa shape index (κ2) is 6.50. The smallest absolute Gasteiger partial charge is 0.377 e. The molecule has 1 saturated heterocycles. The van der Waals surface area contributed by atoms with Gasteiger partial charge in [0.1, 0.15) is 0 Å². The molecule has 0 spiro atoms. The fourth-order valence-corrected chi connectivity index (χ4v) is 1.96. The Morgan fingerprint density at radius 2 is 2.00 bits per heavy atom. The minimum atomic E-state index is -1.09. The number of cyclic esters (lactones) is 1. The van der Waals surface area contributed by atoms with Gasteiger partial charge in [-0.25, -0.2) is 9.86 Å². The number of hydrogen-bond acceptors (Lipinski definition) is 6. The molecule has 1 aliphatic rings. The van der Waals surface area contributed by atoms with Crippen LogP contribution in [0.2, 0.25) is 0 Å². The van der Waals surface area contributed by atoms with Gasteiger partial charge < -0.3 is 9.47 Å². The Bertz CT molecular complexity index is 685. The van der Waals surface area contributed by atoms with Gasteiger partial charge in [-0.3, -0.25) is 9.63 Å². The van der Waals surface area contributed by atoms with Gasteiger partial charge in [0.2, 0.25) is 11.5 Å². The Morgan fingerprint density at radius 3 is 2.48 bits per heavy atom. The molecule has 0 aliphatic carbocycles. The number of amides is 1. The van der Waals surface area contributed by atoms with Gasteiger partial charge in [0.15, 0.2) is 0 Å². The number of esters is 1. The molecule has 1 fully saturated rings. The molecule has 0 aromatic heterocycles. The van der Waals surface area contributed by atoms with E-state index in [1.807, 2.05) is 6.07 Å². The molecule has 0 unspecified atom stereocenters. The first-order valence-electron chi connectivity index (χ1n) is 6.83. The maximum absolute atomic E-state index is 12.2. The maximum Gasteiger partial charge on any atom is 0.377 e. The average Bonchev–Trinajstić information content (AvgIpc) is 2.77. The Hall–Kier alpha value is -2.85.